The summed E-state index contributed by atoms with van der Waals surface area (Å²) in [6.45, 7) is 2.77. The number of hydrogen-bond donors (Lipinski definition) is 0. The van der Waals surface area contributed by atoms with Crippen LogP contribution in [0, 0.1) is 6.92 Å². The van der Waals surface area contributed by atoms with E-state index in [9.17, 15) is 0 Å². The average Bonchev–Trinajstić information content (AvgIpc) is 2.76. The summed E-state index contributed by atoms with van der Waals surface area (Å²) < 4.78 is 4.20. The lowest BCUT2D eigenvalue weighted by Gasteiger charge is -2.17. The average molecular weight is 262 g/mol. The Hall–Kier alpha value is -1.62. The molecule has 0 aliphatic carbocycles. The van der Waals surface area contributed by atoms with Gasteiger partial charge in [0.25, 0.3) is 0 Å². The summed E-state index contributed by atoms with van der Waals surface area (Å²) in [5.74, 6) is 0.838. The summed E-state index contributed by atoms with van der Waals surface area (Å²) in [5, 5.41) is 0.962. The van der Waals surface area contributed by atoms with Gasteiger partial charge < -0.3 is 9.80 Å². The minimum atomic E-state index is 0.838. The molecule has 0 spiro atoms. The zero-order valence-electron chi connectivity index (χ0n) is 11.2. The second-order valence-electron chi connectivity index (χ2n) is 4.54. The SMILES string of the molecule is Cc1nsc(N(C)Cc2ccc(N(C)C)cc2)n1. The molecule has 2 rings (SSSR count). The molecule has 0 radical (unpaired) electrons. The van der Waals surface area contributed by atoms with E-state index in [0.29, 0.717) is 0 Å². The molecule has 1 heterocycles. The number of rotatable bonds is 4. The first-order chi connectivity index (χ1) is 8.56. The van der Waals surface area contributed by atoms with E-state index >= 15 is 0 Å². The van der Waals surface area contributed by atoms with Gasteiger partial charge in [0.05, 0.1) is 0 Å². The van der Waals surface area contributed by atoms with Crippen molar-refractivity contribution in [2.45, 2.75) is 13.5 Å². The van der Waals surface area contributed by atoms with Crippen molar-refractivity contribution in [1.29, 1.82) is 0 Å². The maximum Gasteiger partial charge on any atom is 0.205 e. The molecule has 1 aromatic heterocycles. The highest BCUT2D eigenvalue weighted by atomic mass is 32.1. The van der Waals surface area contributed by atoms with Gasteiger partial charge >= 0.3 is 0 Å². The molecular formula is C13H18N4S. The molecule has 0 aliphatic heterocycles. The Bertz CT molecular complexity index is 504. The third kappa shape index (κ3) is 2.98. The molecule has 18 heavy (non-hydrogen) atoms. The first-order valence-corrected chi connectivity index (χ1v) is 6.61. The summed E-state index contributed by atoms with van der Waals surface area (Å²) in [4.78, 5) is 8.60. The highest BCUT2D eigenvalue weighted by Crippen LogP contribution is 2.19. The predicted octanol–water partition coefficient (Wildman–Crippen LogP) is 2.55. The third-order valence-electron chi connectivity index (χ3n) is 2.72. The van der Waals surface area contributed by atoms with Gasteiger partial charge in [-0.2, -0.15) is 4.37 Å². The maximum atomic E-state index is 4.38. The van der Waals surface area contributed by atoms with E-state index < -0.39 is 0 Å². The topological polar surface area (TPSA) is 32.3 Å². The second kappa shape index (κ2) is 5.35. The Kier molecular flexibility index (Phi) is 3.81. The first kappa shape index (κ1) is 12.8. The fraction of sp³-hybridized carbons (Fsp3) is 0.385. The third-order valence-corrected chi connectivity index (χ3v) is 3.64. The molecule has 0 fully saturated rings. The van der Waals surface area contributed by atoms with Crippen LogP contribution in [0.25, 0.3) is 0 Å². The lowest BCUT2D eigenvalue weighted by atomic mass is 10.2. The second-order valence-corrected chi connectivity index (χ2v) is 5.27. The van der Waals surface area contributed by atoms with Crippen molar-refractivity contribution in [2.75, 3.05) is 30.9 Å². The van der Waals surface area contributed by atoms with E-state index in [4.69, 9.17) is 0 Å². The smallest absolute Gasteiger partial charge is 0.205 e. The van der Waals surface area contributed by atoms with Crippen molar-refractivity contribution < 1.29 is 0 Å². The van der Waals surface area contributed by atoms with Crippen LogP contribution in [0.15, 0.2) is 24.3 Å². The van der Waals surface area contributed by atoms with Gasteiger partial charge in [-0.05, 0) is 24.6 Å². The van der Waals surface area contributed by atoms with Gasteiger partial charge in [0.2, 0.25) is 5.13 Å². The molecule has 0 N–H and O–H groups in total. The molecule has 0 saturated heterocycles. The van der Waals surface area contributed by atoms with Crippen LogP contribution in [-0.2, 0) is 6.54 Å². The van der Waals surface area contributed by atoms with Crippen LogP contribution in [0.2, 0.25) is 0 Å². The van der Waals surface area contributed by atoms with Gasteiger partial charge in [-0.3, -0.25) is 0 Å². The normalized spacial score (nSPS) is 10.4. The minimum absolute atomic E-state index is 0.838. The fourth-order valence-corrected chi connectivity index (χ4v) is 2.31. The lowest BCUT2D eigenvalue weighted by Crippen LogP contribution is -2.16. The van der Waals surface area contributed by atoms with Crippen molar-refractivity contribution in [2.24, 2.45) is 0 Å². The van der Waals surface area contributed by atoms with Gasteiger partial charge in [-0.25, -0.2) is 4.98 Å². The first-order valence-electron chi connectivity index (χ1n) is 5.84. The zero-order chi connectivity index (χ0) is 13.1. The van der Waals surface area contributed by atoms with Crippen molar-refractivity contribution in [3.05, 3.63) is 35.7 Å². The molecular weight excluding hydrogens is 244 g/mol. The molecule has 2 aromatic rings. The minimum Gasteiger partial charge on any atom is -0.378 e. The summed E-state index contributed by atoms with van der Waals surface area (Å²) in [5.41, 5.74) is 2.49. The van der Waals surface area contributed by atoms with E-state index in [-0.39, 0.29) is 0 Å². The summed E-state index contributed by atoms with van der Waals surface area (Å²) in [7, 11) is 6.14. The molecule has 96 valence electrons. The number of anilines is 2. The van der Waals surface area contributed by atoms with Crippen molar-refractivity contribution in [3.8, 4) is 0 Å². The quantitative estimate of drug-likeness (QED) is 0.847. The predicted molar refractivity (Wildman–Crippen MR) is 77.5 cm³/mol. The largest absolute Gasteiger partial charge is 0.378 e. The molecule has 0 amide bonds. The summed E-state index contributed by atoms with van der Waals surface area (Å²) in [6, 6.07) is 8.57. The molecule has 0 saturated carbocycles. The Labute approximate surface area is 112 Å². The van der Waals surface area contributed by atoms with Crippen LogP contribution in [0.5, 0.6) is 0 Å². The molecule has 1 aromatic carbocycles. The van der Waals surface area contributed by atoms with Crippen LogP contribution < -0.4 is 9.80 Å². The zero-order valence-corrected chi connectivity index (χ0v) is 12.0. The maximum absolute atomic E-state index is 4.38. The Morgan fingerprint density at radius 2 is 1.78 bits per heavy atom. The van der Waals surface area contributed by atoms with Crippen LogP contribution in [0.3, 0.4) is 0 Å². The molecule has 0 bridgehead atoms. The number of benzene rings is 1. The monoisotopic (exact) mass is 262 g/mol. The van der Waals surface area contributed by atoms with E-state index in [1.807, 2.05) is 28.1 Å². The van der Waals surface area contributed by atoms with E-state index in [1.165, 1.54) is 22.8 Å². The number of hydrogen-bond acceptors (Lipinski definition) is 5. The lowest BCUT2D eigenvalue weighted by molar-refractivity contribution is 0.908. The van der Waals surface area contributed by atoms with Gasteiger partial charge in [-0.1, -0.05) is 12.1 Å². The van der Waals surface area contributed by atoms with Crippen molar-refractivity contribution in [1.82, 2.24) is 9.36 Å². The summed E-state index contributed by atoms with van der Waals surface area (Å²) in [6.07, 6.45) is 0. The molecule has 4 nitrogen and oxygen atoms in total. The Morgan fingerprint density at radius 3 is 2.28 bits per heavy atom. The highest BCUT2D eigenvalue weighted by molar-refractivity contribution is 7.09. The van der Waals surface area contributed by atoms with Crippen molar-refractivity contribution in [3.63, 3.8) is 0 Å². The molecule has 5 heteroatoms. The highest BCUT2D eigenvalue weighted by Gasteiger charge is 2.07. The van der Waals surface area contributed by atoms with Crippen molar-refractivity contribution >= 4 is 22.4 Å². The molecule has 0 atom stereocenters. The standard InChI is InChI=1S/C13H18N4S/c1-10-14-13(18-15-10)17(4)9-11-5-7-12(8-6-11)16(2)3/h5-8H,9H2,1-4H3. The van der Waals surface area contributed by atoms with Crippen LogP contribution >= 0.6 is 11.5 Å². The van der Waals surface area contributed by atoms with E-state index in [2.05, 4.69) is 43.4 Å². The van der Waals surface area contributed by atoms with Gasteiger partial charge in [0.15, 0.2) is 0 Å². The van der Waals surface area contributed by atoms with E-state index in [0.717, 1.165) is 17.5 Å². The van der Waals surface area contributed by atoms with E-state index in [1.54, 1.807) is 0 Å². The Balaban J connectivity index is 2.05. The molecule has 0 unspecified atom stereocenters. The summed E-state index contributed by atoms with van der Waals surface area (Å²) >= 11 is 1.44. The number of aromatic nitrogens is 2. The van der Waals surface area contributed by atoms with Gasteiger partial charge in [-0.15, -0.1) is 0 Å². The number of aryl methyl sites for hydroxylation is 1. The van der Waals surface area contributed by atoms with Crippen LogP contribution in [0.4, 0.5) is 10.8 Å². The Morgan fingerprint density at radius 1 is 1.11 bits per heavy atom. The fourth-order valence-electron chi connectivity index (χ4n) is 1.68. The van der Waals surface area contributed by atoms with Gasteiger partial charge in [0, 0.05) is 44.9 Å². The van der Waals surface area contributed by atoms with Crippen LogP contribution in [0.1, 0.15) is 11.4 Å². The van der Waals surface area contributed by atoms with Gasteiger partial charge in [0.1, 0.15) is 5.82 Å². The number of nitrogens with zero attached hydrogens (tertiary/aromatic N) is 4. The van der Waals surface area contributed by atoms with Crippen LogP contribution in [-0.4, -0.2) is 30.5 Å². The molecule has 0 aliphatic rings.